The largest absolute Gasteiger partial charge is 0.341 e. The molecular weight excluding hydrogens is 260 g/mol. The molecule has 1 saturated heterocycles. The van der Waals surface area contributed by atoms with Crippen LogP contribution in [0, 0.1) is 5.92 Å². The quantitative estimate of drug-likeness (QED) is 0.834. The summed E-state index contributed by atoms with van der Waals surface area (Å²) in [4.78, 5) is 13.7. The summed E-state index contributed by atoms with van der Waals surface area (Å²) < 4.78 is 0. The predicted octanol–water partition coefficient (Wildman–Crippen LogP) is 3.37. The normalized spacial score (nSPS) is 18.3. The maximum atomic E-state index is 11.7. The monoisotopic (exact) mass is 288 g/mol. The lowest BCUT2D eigenvalue weighted by Gasteiger charge is -2.28. The van der Waals surface area contributed by atoms with Gasteiger partial charge in [-0.25, -0.2) is 0 Å². The van der Waals surface area contributed by atoms with E-state index in [0.717, 1.165) is 32.4 Å². The van der Waals surface area contributed by atoms with E-state index < -0.39 is 0 Å². The molecule has 0 radical (unpaired) electrons. The van der Waals surface area contributed by atoms with Crippen molar-refractivity contribution < 1.29 is 4.79 Å². The van der Waals surface area contributed by atoms with E-state index >= 15 is 0 Å². The highest BCUT2D eigenvalue weighted by Gasteiger charge is 2.23. The first-order valence-corrected chi connectivity index (χ1v) is 8.15. The Labute approximate surface area is 128 Å². The first kappa shape index (κ1) is 16.0. The number of hydrogen-bond donors (Lipinski definition) is 1. The highest BCUT2D eigenvalue weighted by molar-refractivity contribution is 5.78. The van der Waals surface area contributed by atoms with Crippen LogP contribution in [0.4, 0.5) is 0 Å². The molecule has 21 heavy (non-hydrogen) atoms. The zero-order valence-electron chi connectivity index (χ0n) is 13.5. The average molecular weight is 288 g/mol. The molecule has 1 aromatic carbocycles. The van der Waals surface area contributed by atoms with Crippen LogP contribution in [-0.4, -0.2) is 29.9 Å². The average Bonchev–Trinajstić information content (AvgIpc) is 2.84. The molecule has 3 nitrogen and oxygen atoms in total. The van der Waals surface area contributed by atoms with Crippen LogP contribution in [0.3, 0.4) is 0 Å². The number of nitrogens with one attached hydrogen (secondary N) is 1. The van der Waals surface area contributed by atoms with E-state index in [1.807, 2.05) is 4.90 Å². The van der Waals surface area contributed by atoms with E-state index in [2.05, 4.69) is 56.4 Å². The molecule has 1 aromatic rings. The van der Waals surface area contributed by atoms with E-state index in [1.54, 1.807) is 0 Å². The summed E-state index contributed by atoms with van der Waals surface area (Å²) in [6, 6.07) is 11.3. The minimum atomic E-state index is 0.309. The van der Waals surface area contributed by atoms with Gasteiger partial charge in [0, 0.05) is 31.6 Å². The van der Waals surface area contributed by atoms with Crippen molar-refractivity contribution in [3.63, 3.8) is 0 Å². The lowest BCUT2D eigenvalue weighted by atomic mass is 9.96. The molecule has 1 heterocycles. The van der Waals surface area contributed by atoms with Crippen molar-refractivity contribution in [3.8, 4) is 0 Å². The third kappa shape index (κ3) is 4.85. The Bertz CT molecular complexity index is 444. The van der Waals surface area contributed by atoms with Crippen molar-refractivity contribution in [3.05, 3.63) is 35.9 Å². The highest BCUT2D eigenvalue weighted by atomic mass is 16.2. The minimum absolute atomic E-state index is 0.309. The molecule has 3 heteroatoms. The van der Waals surface area contributed by atoms with Crippen molar-refractivity contribution in [1.29, 1.82) is 0 Å². The van der Waals surface area contributed by atoms with Crippen LogP contribution in [0.5, 0.6) is 0 Å². The molecule has 0 aromatic heterocycles. The Morgan fingerprint density at radius 1 is 1.19 bits per heavy atom. The summed E-state index contributed by atoms with van der Waals surface area (Å²) >= 11 is 0. The molecule has 1 fully saturated rings. The van der Waals surface area contributed by atoms with Gasteiger partial charge in [-0.15, -0.1) is 0 Å². The van der Waals surface area contributed by atoms with Crippen molar-refractivity contribution in [2.24, 2.45) is 5.92 Å². The van der Waals surface area contributed by atoms with E-state index in [9.17, 15) is 4.79 Å². The molecule has 1 N–H and O–H groups in total. The maximum absolute atomic E-state index is 11.7. The van der Waals surface area contributed by atoms with Crippen LogP contribution in [0.25, 0.3) is 0 Å². The Hall–Kier alpha value is -1.35. The second kappa shape index (κ2) is 7.60. The molecule has 2 rings (SSSR count). The SMILES string of the molecule is CC(C)CC(NC(C)CN1CCCC1=O)c1ccccc1. The van der Waals surface area contributed by atoms with E-state index in [0.29, 0.717) is 23.9 Å². The van der Waals surface area contributed by atoms with Crippen LogP contribution in [-0.2, 0) is 4.79 Å². The first-order valence-electron chi connectivity index (χ1n) is 8.15. The van der Waals surface area contributed by atoms with E-state index in [1.165, 1.54) is 5.56 Å². The Balaban J connectivity index is 1.96. The van der Waals surface area contributed by atoms with Crippen molar-refractivity contribution in [2.45, 2.75) is 52.1 Å². The van der Waals surface area contributed by atoms with Gasteiger partial charge in [0.25, 0.3) is 0 Å². The molecule has 0 saturated carbocycles. The number of amides is 1. The number of rotatable bonds is 7. The van der Waals surface area contributed by atoms with Gasteiger partial charge in [-0.05, 0) is 31.2 Å². The fourth-order valence-corrected chi connectivity index (χ4v) is 3.08. The summed E-state index contributed by atoms with van der Waals surface area (Å²) in [6.45, 7) is 8.44. The van der Waals surface area contributed by atoms with Gasteiger partial charge in [0.05, 0.1) is 0 Å². The molecule has 1 amide bonds. The molecule has 1 aliphatic heterocycles. The standard InChI is InChI=1S/C18H28N2O/c1-14(2)12-17(16-8-5-4-6-9-16)19-15(3)13-20-11-7-10-18(20)21/h4-6,8-9,14-15,17,19H,7,10-13H2,1-3H3. The zero-order chi connectivity index (χ0) is 15.2. The van der Waals surface area contributed by atoms with Crippen molar-refractivity contribution in [1.82, 2.24) is 10.2 Å². The van der Waals surface area contributed by atoms with Gasteiger partial charge in [-0.3, -0.25) is 4.79 Å². The topological polar surface area (TPSA) is 32.3 Å². The van der Waals surface area contributed by atoms with E-state index in [4.69, 9.17) is 0 Å². The molecule has 116 valence electrons. The Morgan fingerprint density at radius 2 is 1.90 bits per heavy atom. The maximum Gasteiger partial charge on any atom is 0.222 e. The van der Waals surface area contributed by atoms with Gasteiger partial charge in [0.15, 0.2) is 0 Å². The first-order chi connectivity index (χ1) is 10.1. The van der Waals surface area contributed by atoms with Gasteiger partial charge in [0.2, 0.25) is 5.91 Å². The molecule has 0 spiro atoms. The van der Waals surface area contributed by atoms with Gasteiger partial charge in [-0.1, -0.05) is 44.2 Å². The van der Waals surface area contributed by atoms with Crippen molar-refractivity contribution >= 4 is 5.91 Å². The predicted molar refractivity (Wildman–Crippen MR) is 87.0 cm³/mol. The minimum Gasteiger partial charge on any atom is -0.341 e. The second-order valence-corrected chi connectivity index (χ2v) is 6.60. The van der Waals surface area contributed by atoms with Gasteiger partial charge >= 0.3 is 0 Å². The lowest BCUT2D eigenvalue weighted by molar-refractivity contribution is -0.128. The van der Waals surface area contributed by atoms with Crippen LogP contribution in [0.2, 0.25) is 0 Å². The zero-order valence-corrected chi connectivity index (χ0v) is 13.5. The van der Waals surface area contributed by atoms with Crippen molar-refractivity contribution in [2.75, 3.05) is 13.1 Å². The fourth-order valence-electron chi connectivity index (χ4n) is 3.08. The number of benzene rings is 1. The second-order valence-electron chi connectivity index (χ2n) is 6.60. The number of carbonyl (C=O) groups excluding carboxylic acids is 1. The number of nitrogens with zero attached hydrogens (tertiary/aromatic N) is 1. The molecule has 0 aliphatic carbocycles. The van der Waals surface area contributed by atoms with Gasteiger partial charge in [-0.2, -0.15) is 0 Å². The summed E-state index contributed by atoms with van der Waals surface area (Å²) in [7, 11) is 0. The highest BCUT2D eigenvalue weighted by Crippen LogP contribution is 2.22. The summed E-state index contributed by atoms with van der Waals surface area (Å²) in [5, 5.41) is 3.72. The lowest BCUT2D eigenvalue weighted by Crippen LogP contribution is -2.41. The fraction of sp³-hybridized carbons (Fsp3) is 0.611. The van der Waals surface area contributed by atoms with Crippen LogP contribution >= 0.6 is 0 Å². The smallest absolute Gasteiger partial charge is 0.222 e. The summed E-state index contributed by atoms with van der Waals surface area (Å²) in [6.07, 6.45) is 2.85. The molecule has 2 unspecified atom stereocenters. The molecule has 2 atom stereocenters. The van der Waals surface area contributed by atoms with Gasteiger partial charge in [0.1, 0.15) is 0 Å². The Morgan fingerprint density at radius 3 is 2.48 bits per heavy atom. The summed E-state index contributed by atoms with van der Waals surface area (Å²) in [5.74, 6) is 0.951. The molecular formula is C18H28N2O. The molecule has 0 bridgehead atoms. The Kier molecular flexibility index (Phi) is 5.80. The third-order valence-corrected chi connectivity index (χ3v) is 4.06. The van der Waals surface area contributed by atoms with Crippen LogP contribution in [0.15, 0.2) is 30.3 Å². The number of hydrogen-bond acceptors (Lipinski definition) is 2. The van der Waals surface area contributed by atoms with E-state index in [-0.39, 0.29) is 0 Å². The third-order valence-electron chi connectivity index (χ3n) is 4.06. The number of likely N-dealkylation sites (tertiary alicyclic amines) is 1. The summed E-state index contributed by atoms with van der Waals surface area (Å²) in [5.41, 5.74) is 1.34. The molecule has 1 aliphatic rings. The van der Waals surface area contributed by atoms with Crippen LogP contribution < -0.4 is 5.32 Å². The van der Waals surface area contributed by atoms with Gasteiger partial charge < -0.3 is 10.2 Å². The number of carbonyl (C=O) groups is 1. The van der Waals surface area contributed by atoms with Crippen LogP contribution in [0.1, 0.15) is 51.6 Å².